The van der Waals surface area contributed by atoms with Crippen molar-refractivity contribution < 1.29 is 4.79 Å². The highest BCUT2D eigenvalue weighted by Gasteiger charge is 2.19. The molecule has 7 nitrogen and oxygen atoms in total. The highest BCUT2D eigenvalue weighted by molar-refractivity contribution is 6.07. The molecule has 0 unspecified atom stereocenters. The molecule has 0 aliphatic carbocycles. The van der Waals surface area contributed by atoms with E-state index in [9.17, 15) is 4.79 Å². The number of piperazine rings is 1. The Bertz CT molecular complexity index is 1270. The Morgan fingerprint density at radius 3 is 2.44 bits per heavy atom. The number of hydrogen-bond acceptors (Lipinski definition) is 6. The fraction of sp³-hybridized carbons (Fsp3) is 0.259. The van der Waals surface area contributed by atoms with Crippen molar-refractivity contribution in [2.24, 2.45) is 0 Å². The third kappa shape index (κ3) is 4.89. The van der Waals surface area contributed by atoms with Crippen molar-refractivity contribution in [1.29, 1.82) is 0 Å². The fourth-order valence-electron chi connectivity index (χ4n) is 4.28. The van der Waals surface area contributed by atoms with Gasteiger partial charge in [0, 0.05) is 62.6 Å². The van der Waals surface area contributed by atoms with E-state index < -0.39 is 0 Å². The van der Waals surface area contributed by atoms with Gasteiger partial charge in [0.15, 0.2) is 0 Å². The molecule has 0 spiro atoms. The number of aromatic nitrogens is 3. The van der Waals surface area contributed by atoms with Crippen molar-refractivity contribution >= 4 is 22.8 Å². The molecular formula is C27H28N6O. The number of aryl methyl sites for hydroxylation is 1. The van der Waals surface area contributed by atoms with Crippen LogP contribution < -0.4 is 10.2 Å². The zero-order chi connectivity index (χ0) is 23.3. The standard InChI is InChI=1S/C27H28N6O/c1-20-7-9-21(10-8-20)25-19-23(22-5-2-3-6-24(22)31-25)26(34)28-13-14-32-15-17-33(18-16-32)27-29-11-4-12-30-27/h2-12,19H,13-18H2,1H3,(H,28,34). The number of hydrogen-bond donors (Lipinski definition) is 1. The van der Waals surface area contributed by atoms with Crippen LogP contribution in [0.2, 0.25) is 0 Å². The van der Waals surface area contributed by atoms with Gasteiger partial charge in [0.05, 0.1) is 16.8 Å². The van der Waals surface area contributed by atoms with Crippen LogP contribution >= 0.6 is 0 Å². The summed E-state index contributed by atoms with van der Waals surface area (Å²) in [7, 11) is 0. The average molecular weight is 453 g/mol. The molecule has 2 aromatic heterocycles. The lowest BCUT2D eigenvalue weighted by Gasteiger charge is -2.34. The van der Waals surface area contributed by atoms with E-state index in [1.54, 1.807) is 12.4 Å². The number of amides is 1. The van der Waals surface area contributed by atoms with Gasteiger partial charge in [-0.2, -0.15) is 0 Å². The molecule has 3 heterocycles. The summed E-state index contributed by atoms with van der Waals surface area (Å²) in [5.74, 6) is 0.715. The number of rotatable bonds is 6. The van der Waals surface area contributed by atoms with E-state index in [4.69, 9.17) is 4.98 Å². The summed E-state index contributed by atoms with van der Waals surface area (Å²) in [6, 6.07) is 19.8. The molecule has 34 heavy (non-hydrogen) atoms. The lowest BCUT2D eigenvalue weighted by atomic mass is 10.0. The molecule has 172 valence electrons. The van der Waals surface area contributed by atoms with Crippen LogP contribution in [-0.2, 0) is 0 Å². The molecule has 1 aliphatic heterocycles. The molecule has 1 fully saturated rings. The van der Waals surface area contributed by atoms with Gasteiger partial charge in [-0.25, -0.2) is 15.0 Å². The molecule has 4 aromatic rings. The van der Waals surface area contributed by atoms with Crippen LogP contribution in [0.5, 0.6) is 0 Å². The first-order chi connectivity index (χ1) is 16.7. The minimum absolute atomic E-state index is 0.0664. The maximum Gasteiger partial charge on any atom is 0.252 e. The Morgan fingerprint density at radius 2 is 1.68 bits per heavy atom. The molecular weight excluding hydrogens is 424 g/mol. The van der Waals surface area contributed by atoms with Crippen LogP contribution in [0.3, 0.4) is 0 Å². The smallest absolute Gasteiger partial charge is 0.252 e. The zero-order valence-corrected chi connectivity index (χ0v) is 19.3. The summed E-state index contributed by atoms with van der Waals surface area (Å²) in [6.45, 7) is 7.07. The molecule has 1 saturated heterocycles. The number of benzene rings is 2. The maximum absolute atomic E-state index is 13.2. The van der Waals surface area contributed by atoms with Gasteiger partial charge in [-0.3, -0.25) is 9.69 Å². The first-order valence-electron chi connectivity index (χ1n) is 11.7. The third-order valence-corrected chi connectivity index (χ3v) is 6.23. The third-order valence-electron chi connectivity index (χ3n) is 6.23. The van der Waals surface area contributed by atoms with E-state index in [1.165, 1.54) is 5.56 Å². The van der Waals surface area contributed by atoms with Gasteiger partial charge < -0.3 is 10.2 Å². The Morgan fingerprint density at radius 1 is 0.941 bits per heavy atom. The average Bonchev–Trinajstić information content (AvgIpc) is 2.89. The molecule has 1 amide bonds. The normalized spacial score (nSPS) is 14.3. The quantitative estimate of drug-likeness (QED) is 0.482. The predicted octanol–water partition coefficient (Wildman–Crippen LogP) is 3.55. The van der Waals surface area contributed by atoms with Crippen LogP contribution in [0, 0.1) is 6.92 Å². The number of carbonyl (C=O) groups excluding carboxylic acids is 1. The maximum atomic E-state index is 13.2. The van der Waals surface area contributed by atoms with Gasteiger partial charge in [-0.05, 0) is 25.1 Å². The monoisotopic (exact) mass is 452 g/mol. The number of carbonyl (C=O) groups is 1. The number of anilines is 1. The summed E-state index contributed by atoms with van der Waals surface area (Å²) in [5, 5.41) is 3.99. The Balaban J connectivity index is 1.24. The summed E-state index contributed by atoms with van der Waals surface area (Å²) in [6.07, 6.45) is 3.55. The molecule has 1 N–H and O–H groups in total. The van der Waals surface area contributed by atoms with Gasteiger partial charge in [0.1, 0.15) is 0 Å². The van der Waals surface area contributed by atoms with Gasteiger partial charge >= 0.3 is 0 Å². The number of fused-ring (bicyclic) bond motifs is 1. The molecule has 7 heteroatoms. The van der Waals surface area contributed by atoms with Crippen molar-refractivity contribution in [3.63, 3.8) is 0 Å². The lowest BCUT2D eigenvalue weighted by molar-refractivity contribution is 0.0949. The molecule has 0 bridgehead atoms. The molecule has 1 aliphatic rings. The molecule has 0 radical (unpaired) electrons. The zero-order valence-electron chi connectivity index (χ0n) is 19.3. The second-order valence-corrected chi connectivity index (χ2v) is 8.57. The second kappa shape index (κ2) is 9.97. The number of nitrogens with zero attached hydrogens (tertiary/aromatic N) is 5. The van der Waals surface area contributed by atoms with Gasteiger partial charge in [-0.15, -0.1) is 0 Å². The summed E-state index contributed by atoms with van der Waals surface area (Å²) in [4.78, 5) is 31.2. The van der Waals surface area contributed by atoms with Crippen LogP contribution in [0.1, 0.15) is 15.9 Å². The van der Waals surface area contributed by atoms with Crippen molar-refractivity contribution in [3.05, 3.63) is 84.2 Å². The van der Waals surface area contributed by atoms with E-state index in [0.29, 0.717) is 12.1 Å². The van der Waals surface area contributed by atoms with E-state index in [-0.39, 0.29) is 5.91 Å². The van der Waals surface area contributed by atoms with E-state index in [0.717, 1.165) is 60.8 Å². The highest BCUT2D eigenvalue weighted by Crippen LogP contribution is 2.25. The largest absolute Gasteiger partial charge is 0.351 e. The van der Waals surface area contributed by atoms with Crippen LogP contribution in [0.25, 0.3) is 22.2 Å². The van der Waals surface area contributed by atoms with E-state index in [2.05, 4.69) is 44.1 Å². The minimum atomic E-state index is -0.0664. The van der Waals surface area contributed by atoms with E-state index in [1.807, 2.05) is 48.5 Å². The fourth-order valence-corrected chi connectivity index (χ4v) is 4.28. The topological polar surface area (TPSA) is 74.2 Å². The Labute approximate surface area is 199 Å². The first-order valence-corrected chi connectivity index (χ1v) is 11.7. The molecule has 0 atom stereocenters. The SMILES string of the molecule is Cc1ccc(-c2cc(C(=O)NCCN3CCN(c4ncccn4)CC3)c3ccccc3n2)cc1. The number of nitrogens with one attached hydrogen (secondary N) is 1. The van der Waals surface area contributed by atoms with Gasteiger partial charge in [0.2, 0.25) is 5.95 Å². The van der Waals surface area contributed by atoms with Crippen molar-refractivity contribution in [2.45, 2.75) is 6.92 Å². The van der Waals surface area contributed by atoms with Gasteiger partial charge in [0.25, 0.3) is 5.91 Å². The molecule has 2 aromatic carbocycles. The van der Waals surface area contributed by atoms with Crippen molar-refractivity contribution in [2.75, 3.05) is 44.2 Å². The minimum Gasteiger partial charge on any atom is -0.351 e. The van der Waals surface area contributed by atoms with Gasteiger partial charge in [-0.1, -0.05) is 48.0 Å². The van der Waals surface area contributed by atoms with Crippen LogP contribution in [0.15, 0.2) is 73.1 Å². The number of pyridine rings is 1. The van der Waals surface area contributed by atoms with E-state index >= 15 is 0 Å². The molecule has 5 rings (SSSR count). The van der Waals surface area contributed by atoms with Crippen molar-refractivity contribution in [3.8, 4) is 11.3 Å². The first kappa shape index (κ1) is 22.0. The second-order valence-electron chi connectivity index (χ2n) is 8.57. The summed E-state index contributed by atoms with van der Waals surface area (Å²) >= 11 is 0. The Kier molecular flexibility index (Phi) is 6.44. The predicted molar refractivity (Wildman–Crippen MR) is 135 cm³/mol. The lowest BCUT2D eigenvalue weighted by Crippen LogP contribution is -2.49. The van der Waals surface area contributed by atoms with Crippen LogP contribution in [-0.4, -0.2) is 65.0 Å². The summed E-state index contributed by atoms with van der Waals surface area (Å²) in [5.41, 5.74) is 4.49. The highest BCUT2D eigenvalue weighted by atomic mass is 16.1. The van der Waals surface area contributed by atoms with Crippen molar-refractivity contribution in [1.82, 2.24) is 25.2 Å². The van der Waals surface area contributed by atoms with Crippen LogP contribution in [0.4, 0.5) is 5.95 Å². The Hall–Kier alpha value is -3.84. The molecule has 0 saturated carbocycles. The number of para-hydroxylation sites is 1. The summed E-state index contributed by atoms with van der Waals surface area (Å²) < 4.78 is 0.